The van der Waals surface area contributed by atoms with Crippen molar-refractivity contribution in [2.45, 2.75) is 25.9 Å². The molecule has 0 bridgehead atoms. The van der Waals surface area contributed by atoms with Gasteiger partial charge in [-0.1, -0.05) is 0 Å². The lowest BCUT2D eigenvalue weighted by Crippen LogP contribution is -2.50. The van der Waals surface area contributed by atoms with Crippen molar-refractivity contribution in [2.75, 3.05) is 0 Å². The number of hydrogen-bond acceptors (Lipinski definition) is 4. The molecule has 0 spiro atoms. The van der Waals surface area contributed by atoms with E-state index in [-0.39, 0.29) is 6.54 Å². The summed E-state index contributed by atoms with van der Waals surface area (Å²) in [6, 6.07) is 0. The number of carbonyl (C=O) groups excluding carboxylic acids is 1. The number of rotatable bonds is 4. The third-order valence-corrected chi connectivity index (χ3v) is 1.76. The van der Waals surface area contributed by atoms with Gasteiger partial charge in [-0.05, 0) is 13.8 Å². The number of aromatic nitrogens is 3. The fourth-order valence-electron chi connectivity index (χ4n) is 0.903. The lowest BCUT2D eigenvalue weighted by atomic mass is 10.1. The zero-order valence-electron chi connectivity index (χ0n) is 8.47. The van der Waals surface area contributed by atoms with Crippen LogP contribution in [0.3, 0.4) is 0 Å². The molecular weight excluding hydrogens is 200 g/mol. The molecule has 1 aromatic heterocycles. The number of carboxylic acids is 1. The van der Waals surface area contributed by atoms with Crippen molar-refractivity contribution in [1.29, 1.82) is 0 Å². The number of carbonyl (C=O) groups is 2. The van der Waals surface area contributed by atoms with Crippen LogP contribution in [0.1, 0.15) is 13.8 Å². The molecule has 0 saturated carbocycles. The molecule has 0 aliphatic rings. The molecule has 0 aromatic carbocycles. The van der Waals surface area contributed by atoms with E-state index in [0.717, 1.165) is 0 Å². The summed E-state index contributed by atoms with van der Waals surface area (Å²) < 4.78 is 1.31. The normalized spacial score (nSPS) is 11.1. The lowest BCUT2D eigenvalue weighted by molar-refractivity contribution is -0.146. The van der Waals surface area contributed by atoms with Gasteiger partial charge < -0.3 is 10.4 Å². The van der Waals surface area contributed by atoms with Gasteiger partial charge in [0, 0.05) is 0 Å². The van der Waals surface area contributed by atoms with E-state index in [2.05, 4.69) is 15.4 Å². The Kier molecular flexibility index (Phi) is 3.03. The van der Waals surface area contributed by atoms with Crippen LogP contribution in [0.2, 0.25) is 0 Å². The number of carboxylic acid groups (broad SMARTS) is 1. The van der Waals surface area contributed by atoms with Crippen LogP contribution in [0.15, 0.2) is 12.7 Å². The lowest BCUT2D eigenvalue weighted by Gasteiger charge is -2.20. The van der Waals surface area contributed by atoms with E-state index in [1.807, 2.05) is 0 Å². The molecule has 0 radical (unpaired) electrons. The molecule has 1 heterocycles. The van der Waals surface area contributed by atoms with Crippen molar-refractivity contribution >= 4 is 11.9 Å². The molecule has 0 aliphatic carbocycles. The maximum absolute atomic E-state index is 11.4. The molecule has 0 fully saturated rings. The van der Waals surface area contributed by atoms with Gasteiger partial charge in [-0.3, -0.25) is 4.79 Å². The highest BCUT2D eigenvalue weighted by molar-refractivity contribution is 5.86. The monoisotopic (exact) mass is 212 g/mol. The Hall–Kier alpha value is -1.92. The van der Waals surface area contributed by atoms with Gasteiger partial charge in [0.15, 0.2) is 0 Å². The molecule has 7 nitrogen and oxygen atoms in total. The van der Waals surface area contributed by atoms with Crippen molar-refractivity contribution in [3.63, 3.8) is 0 Å². The molecule has 2 N–H and O–H groups in total. The maximum atomic E-state index is 11.4. The first-order valence-electron chi connectivity index (χ1n) is 4.28. The molecule has 82 valence electrons. The zero-order valence-corrected chi connectivity index (χ0v) is 8.47. The second kappa shape index (κ2) is 4.07. The Balaban J connectivity index is 2.53. The Bertz CT molecular complexity index is 358. The first-order chi connectivity index (χ1) is 6.92. The quantitative estimate of drug-likeness (QED) is 0.685. The topological polar surface area (TPSA) is 97.1 Å². The average Bonchev–Trinajstić information content (AvgIpc) is 2.54. The van der Waals surface area contributed by atoms with Gasteiger partial charge in [0.2, 0.25) is 5.91 Å². The second-order valence-corrected chi connectivity index (χ2v) is 3.57. The van der Waals surface area contributed by atoms with Gasteiger partial charge >= 0.3 is 5.97 Å². The average molecular weight is 212 g/mol. The van der Waals surface area contributed by atoms with Gasteiger partial charge in [0.05, 0.1) is 0 Å². The van der Waals surface area contributed by atoms with Crippen LogP contribution in [0.5, 0.6) is 0 Å². The molecule has 0 saturated heterocycles. The van der Waals surface area contributed by atoms with Crippen LogP contribution in [0.25, 0.3) is 0 Å². The molecule has 15 heavy (non-hydrogen) atoms. The Morgan fingerprint density at radius 3 is 2.67 bits per heavy atom. The molecule has 7 heteroatoms. The van der Waals surface area contributed by atoms with E-state index in [1.54, 1.807) is 0 Å². The molecule has 0 atom stereocenters. The number of nitrogens with zero attached hydrogens (tertiary/aromatic N) is 3. The van der Waals surface area contributed by atoms with Crippen LogP contribution >= 0.6 is 0 Å². The largest absolute Gasteiger partial charge is 0.480 e. The summed E-state index contributed by atoms with van der Waals surface area (Å²) in [4.78, 5) is 25.7. The Labute approximate surface area is 86.1 Å². The van der Waals surface area contributed by atoms with Crippen LogP contribution in [-0.4, -0.2) is 37.3 Å². The number of aliphatic carboxylic acids is 1. The number of amides is 1. The van der Waals surface area contributed by atoms with Gasteiger partial charge in [-0.15, -0.1) is 0 Å². The third-order valence-electron chi connectivity index (χ3n) is 1.76. The van der Waals surface area contributed by atoms with E-state index in [4.69, 9.17) is 5.11 Å². The maximum Gasteiger partial charge on any atom is 0.328 e. The van der Waals surface area contributed by atoms with Crippen molar-refractivity contribution in [3.8, 4) is 0 Å². The van der Waals surface area contributed by atoms with Crippen LogP contribution in [0.4, 0.5) is 0 Å². The number of hydrogen-bond donors (Lipinski definition) is 2. The van der Waals surface area contributed by atoms with E-state index in [9.17, 15) is 9.59 Å². The predicted octanol–water partition coefficient (Wildman–Crippen LogP) is -0.743. The van der Waals surface area contributed by atoms with Crippen LogP contribution < -0.4 is 5.32 Å². The smallest absolute Gasteiger partial charge is 0.328 e. The van der Waals surface area contributed by atoms with Crippen molar-refractivity contribution in [1.82, 2.24) is 20.1 Å². The Morgan fingerprint density at radius 1 is 1.53 bits per heavy atom. The minimum Gasteiger partial charge on any atom is -0.480 e. The molecule has 1 amide bonds. The fourth-order valence-corrected chi connectivity index (χ4v) is 0.903. The summed E-state index contributed by atoms with van der Waals surface area (Å²) in [5.41, 5.74) is -1.28. The van der Waals surface area contributed by atoms with Crippen molar-refractivity contribution < 1.29 is 14.7 Å². The molecular formula is C8H12N4O3. The predicted molar refractivity (Wildman–Crippen MR) is 49.9 cm³/mol. The van der Waals surface area contributed by atoms with Crippen LogP contribution in [-0.2, 0) is 16.1 Å². The first kappa shape index (κ1) is 11.2. The standard InChI is InChI=1S/C8H12N4O3/c1-8(2,7(14)15)11-6(13)3-12-5-9-4-10-12/h4-5H,3H2,1-2H3,(H,11,13)(H,14,15). The summed E-state index contributed by atoms with van der Waals surface area (Å²) in [6.07, 6.45) is 2.68. The van der Waals surface area contributed by atoms with E-state index < -0.39 is 17.4 Å². The van der Waals surface area contributed by atoms with Gasteiger partial charge in [0.1, 0.15) is 24.7 Å². The first-order valence-corrected chi connectivity index (χ1v) is 4.28. The minimum absolute atomic E-state index is 0.0449. The summed E-state index contributed by atoms with van der Waals surface area (Å²) >= 11 is 0. The second-order valence-electron chi connectivity index (χ2n) is 3.57. The molecule has 1 aromatic rings. The Morgan fingerprint density at radius 2 is 2.20 bits per heavy atom. The van der Waals surface area contributed by atoms with Crippen molar-refractivity contribution in [3.05, 3.63) is 12.7 Å². The highest BCUT2D eigenvalue weighted by atomic mass is 16.4. The van der Waals surface area contributed by atoms with E-state index in [1.165, 1.54) is 31.2 Å². The zero-order chi connectivity index (χ0) is 11.5. The molecule has 0 unspecified atom stereocenters. The van der Waals surface area contributed by atoms with Gasteiger partial charge in [-0.25, -0.2) is 14.5 Å². The summed E-state index contributed by atoms with van der Waals surface area (Å²) in [5, 5.41) is 14.9. The van der Waals surface area contributed by atoms with E-state index >= 15 is 0 Å². The molecule has 1 rings (SSSR count). The highest BCUT2D eigenvalue weighted by Gasteiger charge is 2.28. The summed E-state index contributed by atoms with van der Waals surface area (Å²) in [6.45, 7) is 2.78. The number of nitrogens with one attached hydrogen (secondary N) is 1. The fraction of sp³-hybridized carbons (Fsp3) is 0.500. The van der Waals surface area contributed by atoms with E-state index in [0.29, 0.717) is 0 Å². The summed E-state index contributed by atoms with van der Waals surface area (Å²) in [5.74, 6) is -1.51. The summed E-state index contributed by atoms with van der Waals surface area (Å²) in [7, 11) is 0. The highest BCUT2D eigenvalue weighted by Crippen LogP contribution is 2.01. The minimum atomic E-state index is -1.28. The molecule has 0 aliphatic heterocycles. The van der Waals surface area contributed by atoms with Gasteiger partial charge in [0.25, 0.3) is 0 Å². The van der Waals surface area contributed by atoms with Gasteiger partial charge in [-0.2, -0.15) is 5.10 Å². The van der Waals surface area contributed by atoms with Crippen molar-refractivity contribution in [2.24, 2.45) is 0 Å². The SMILES string of the molecule is CC(C)(NC(=O)Cn1cncn1)C(=O)O. The third kappa shape index (κ3) is 3.04. The van der Waals surface area contributed by atoms with Crippen LogP contribution in [0, 0.1) is 0 Å².